The molecule has 3 rings (SSSR count). The van der Waals surface area contributed by atoms with Crippen LogP contribution < -0.4 is 5.32 Å². The van der Waals surface area contributed by atoms with Crippen LogP contribution in [0.2, 0.25) is 5.02 Å². The third-order valence-electron chi connectivity index (χ3n) is 4.36. The second-order valence-corrected chi connectivity index (χ2v) is 7.56. The number of ether oxygens (including phenoxy) is 1. The van der Waals surface area contributed by atoms with Gasteiger partial charge in [0.1, 0.15) is 10.7 Å². The van der Waals surface area contributed by atoms with Crippen molar-refractivity contribution in [3.8, 4) is 0 Å². The molecule has 0 saturated carbocycles. The first-order valence-electron chi connectivity index (χ1n) is 8.17. The molecule has 136 valence electrons. The molecule has 2 heterocycles. The van der Waals surface area contributed by atoms with E-state index in [1.54, 1.807) is 23.6 Å². The number of rotatable bonds is 4. The van der Waals surface area contributed by atoms with E-state index < -0.39 is 5.97 Å². The molecule has 1 N–H and O–H groups in total. The summed E-state index contributed by atoms with van der Waals surface area (Å²) in [6.07, 6.45) is 0. The summed E-state index contributed by atoms with van der Waals surface area (Å²) in [6.45, 7) is 5.80. The molecule has 26 heavy (non-hydrogen) atoms. The lowest BCUT2D eigenvalue weighted by molar-refractivity contribution is 0.0527. The zero-order valence-electron chi connectivity index (χ0n) is 15.0. The fourth-order valence-corrected chi connectivity index (χ4v) is 4.14. The molecule has 0 bridgehead atoms. The van der Waals surface area contributed by atoms with E-state index in [-0.39, 0.29) is 12.5 Å². The summed E-state index contributed by atoms with van der Waals surface area (Å²) >= 11 is 7.59. The number of benzene rings is 1. The van der Waals surface area contributed by atoms with Crippen LogP contribution in [-0.2, 0) is 11.8 Å². The molecule has 0 aliphatic carbocycles. The molecule has 0 atom stereocenters. The predicted octanol–water partition coefficient (Wildman–Crippen LogP) is 4.94. The quantitative estimate of drug-likeness (QED) is 0.642. The third kappa shape index (κ3) is 3.10. The van der Waals surface area contributed by atoms with Crippen molar-refractivity contribution < 1.29 is 14.3 Å². The molecule has 0 spiro atoms. The number of thiophene rings is 1. The maximum atomic E-state index is 12.8. The van der Waals surface area contributed by atoms with Crippen molar-refractivity contribution in [1.82, 2.24) is 4.57 Å². The number of esters is 1. The smallest absolute Gasteiger partial charge is 0.341 e. The Kier molecular flexibility index (Phi) is 5.07. The number of carbonyl (C=O) groups is 2. The minimum absolute atomic E-state index is 0.280. The Labute approximate surface area is 160 Å². The zero-order valence-corrected chi connectivity index (χ0v) is 16.5. The van der Waals surface area contributed by atoms with Crippen LogP contribution in [0.5, 0.6) is 0 Å². The summed E-state index contributed by atoms with van der Waals surface area (Å²) in [4.78, 5) is 26.1. The largest absolute Gasteiger partial charge is 0.462 e. The second-order valence-electron chi connectivity index (χ2n) is 5.92. The topological polar surface area (TPSA) is 60.3 Å². The first-order valence-corrected chi connectivity index (χ1v) is 9.37. The van der Waals surface area contributed by atoms with Gasteiger partial charge in [-0.15, -0.1) is 11.3 Å². The molecular formula is C19H19ClN2O3S. The van der Waals surface area contributed by atoms with Crippen LogP contribution in [0.3, 0.4) is 0 Å². The molecule has 0 fully saturated rings. The van der Waals surface area contributed by atoms with Crippen LogP contribution in [0.1, 0.15) is 38.2 Å². The van der Waals surface area contributed by atoms with Gasteiger partial charge in [0.2, 0.25) is 0 Å². The maximum absolute atomic E-state index is 12.8. The highest BCUT2D eigenvalue weighted by Crippen LogP contribution is 2.34. The predicted molar refractivity (Wildman–Crippen MR) is 106 cm³/mol. The summed E-state index contributed by atoms with van der Waals surface area (Å²) in [6, 6.07) is 7.29. The summed E-state index contributed by atoms with van der Waals surface area (Å²) < 4.78 is 6.92. The Morgan fingerprint density at radius 3 is 2.69 bits per heavy atom. The standard InChI is InChI=1S/C19H19ClN2O3S/c1-5-25-19(24)16-10(2)11(3)26-18(16)21-17(23)15-9-12-13(20)7-6-8-14(12)22(15)4/h6-9H,5H2,1-4H3,(H,21,23). The Balaban J connectivity index is 1.99. The maximum Gasteiger partial charge on any atom is 0.341 e. The van der Waals surface area contributed by atoms with E-state index >= 15 is 0 Å². The number of hydrogen-bond acceptors (Lipinski definition) is 4. The van der Waals surface area contributed by atoms with Crippen molar-refractivity contribution in [1.29, 1.82) is 0 Å². The van der Waals surface area contributed by atoms with Crippen LogP contribution in [0.4, 0.5) is 5.00 Å². The average molecular weight is 391 g/mol. The first kappa shape index (κ1) is 18.5. The lowest BCUT2D eigenvalue weighted by Crippen LogP contribution is -2.17. The first-order chi connectivity index (χ1) is 12.3. The van der Waals surface area contributed by atoms with Gasteiger partial charge in [0.15, 0.2) is 0 Å². The van der Waals surface area contributed by atoms with E-state index in [4.69, 9.17) is 16.3 Å². The number of anilines is 1. The van der Waals surface area contributed by atoms with Crippen molar-refractivity contribution in [2.75, 3.05) is 11.9 Å². The zero-order chi connectivity index (χ0) is 19.0. The molecule has 7 heteroatoms. The van der Waals surface area contributed by atoms with E-state index in [0.717, 1.165) is 21.3 Å². The van der Waals surface area contributed by atoms with Gasteiger partial charge >= 0.3 is 5.97 Å². The molecule has 1 amide bonds. The SMILES string of the molecule is CCOC(=O)c1c(NC(=O)c2cc3c(Cl)cccc3n2C)sc(C)c1C. The van der Waals surface area contributed by atoms with Crippen LogP contribution in [0.15, 0.2) is 24.3 Å². The Hall–Kier alpha value is -2.31. The second kappa shape index (κ2) is 7.13. The fourth-order valence-electron chi connectivity index (χ4n) is 2.87. The number of amides is 1. The Morgan fingerprint density at radius 1 is 1.31 bits per heavy atom. The number of halogens is 1. The number of aryl methyl sites for hydroxylation is 2. The number of aromatic nitrogens is 1. The minimum Gasteiger partial charge on any atom is -0.462 e. The molecular weight excluding hydrogens is 372 g/mol. The molecule has 0 aliphatic heterocycles. The number of hydrogen-bond donors (Lipinski definition) is 1. The van der Waals surface area contributed by atoms with E-state index in [1.807, 2.05) is 33.0 Å². The number of carbonyl (C=O) groups excluding carboxylic acids is 2. The minimum atomic E-state index is -0.426. The van der Waals surface area contributed by atoms with E-state index in [9.17, 15) is 9.59 Å². The van der Waals surface area contributed by atoms with Gasteiger partial charge in [-0.05, 0) is 44.5 Å². The lowest BCUT2D eigenvalue weighted by atomic mass is 10.1. The average Bonchev–Trinajstić information content (AvgIpc) is 3.07. The van der Waals surface area contributed by atoms with Gasteiger partial charge in [-0.25, -0.2) is 4.79 Å². The molecule has 0 aliphatic rings. The van der Waals surface area contributed by atoms with E-state index in [0.29, 0.717) is 21.3 Å². The Morgan fingerprint density at radius 2 is 2.04 bits per heavy atom. The number of fused-ring (bicyclic) bond motifs is 1. The van der Waals surface area contributed by atoms with Crippen molar-refractivity contribution in [2.24, 2.45) is 7.05 Å². The number of nitrogens with zero attached hydrogens (tertiary/aromatic N) is 1. The van der Waals surface area contributed by atoms with E-state index in [2.05, 4.69) is 5.32 Å². The fraction of sp³-hybridized carbons (Fsp3) is 0.263. The summed E-state index contributed by atoms with van der Waals surface area (Å²) in [5.74, 6) is -0.726. The van der Waals surface area contributed by atoms with Crippen LogP contribution >= 0.6 is 22.9 Å². The summed E-state index contributed by atoms with van der Waals surface area (Å²) in [7, 11) is 1.81. The lowest BCUT2D eigenvalue weighted by Gasteiger charge is -2.08. The normalized spacial score (nSPS) is 11.0. The van der Waals surface area contributed by atoms with Crippen LogP contribution in [-0.4, -0.2) is 23.1 Å². The van der Waals surface area contributed by atoms with Crippen molar-refractivity contribution in [3.05, 3.63) is 51.0 Å². The van der Waals surface area contributed by atoms with Crippen molar-refractivity contribution in [3.63, 3.8) is 0 Å². The molecule has 2 aromatic heterocycles. The molecule has 5 nitrogen and oxygen atoms in total. The number of nitrogens with one attached hydrogen (secondary N) is 1. The highest BCUT2D eigenvalue weighted by molar-refractivity contribution is 7.16. The van der Waals surface area contributed by atoms with Gasteiger partial charge in [0, 0.05) is 27.9 Å². The summed E-state index contributed by atoms with van der Waals surface area (Å²) in [5.41, 5.74) is 2.57. The van der Waals surface area contributed by atoms with Crippen molar-refractivity contribution in [2.45, 2.75) is 20.8 Å². The van der Waals surface area contributed by atoms with Gasteiger partial charge in [-0.1, -0.05) is 17.7 Å². The highest BCUT2D eigenvalue weighted by Gasteiger charge is 2.23. The molecule has 0 saturated heterocycles. The van der Waals surface area contributed by atoms with E-state index in [1.165, 1.54) is 11.3 Å². The Bertz CT molecular complexity index is 1020. The molecule has 0 unspecified atom stereocenters. The van der Waals surface area contributed by atoms with Gasteiger partial charge in [-0.3, -0.25) is 4.79 Å². The van der Waals surface area contributed by atoms with Gasteiger partial charge in [-0.2, -0.15) is 0 Å². The monoisotopic (exact) mass is 390 g/mol. The van der Waals surface area contributed by atoms with Crippen LogP contribution in [0.25, 0.3) is 10.9 Å². The molecule has 3 aromatic rings. The van der Waals surface area contributed by atoms with Crippen LogP contribution in [0, 0.1) is 13.8 Å². The van der Waals surface area contributed by atoms with Gasteiger partial charge in [0.25, 0.3) is 5.91 Å². The van der Waals surface area contributed by atoms with Gasteiger partial charge in [0.05, 0.1) is 12.2 Å². The third-order valence-corrected chi connectivity index (χ3v) is 5.81. The highest BCUT2D eigenvalue weighted by atomic mass is 35.5. The molecule has 1 aromatic carbocycles. The summed E-state index contributed by atoms with van der Waals surface area (Å²) in [5, 5.41) is 4.76. The molecule has 0 radical (unpaired) electrons. The van der Waals surface area contributed by atoms with Gasteiger partial charge < -0.3 is 14.6 Å². The van der Waals surface area contributed by atoms with Crippen molar-refractivity contribution >= 4 is 50.7 Å².